The second-order valence-corrected chi connectivity index (χ2v) is 5.90. The summed E-state index contributed by atoms with van der Waals surface area (Å²) in [7, 11) is 0. The average Bonchev–Trinajstić information content (AvgIpc) is 2.85. The first-order valence-corrected chi connectivity index (χ1v) is 7.21. The van der Waals surface area contributed by atoms with Crippen molar-refractivity contribution in [3.63, 3.8) is 0 Å². The molecule has 0 amide bonds. The van der Waals surface area contributed by atoms with Crippen LogP contribution in [0.2, 0.25) is 0 Å². The van der Waals surface area contributed by atoms with Crippen molar-refractivity contribution in [2.24, 2.45) is 5.84 Å². The van der Waals surface area contributed by atoms with Crippen LogP contribution in [0.1, 0.15) is 22.0 Å². The van der Waals surface area contributed by atoms with Gasteiger partial charge in [-0.05, 0) is 47.7 Å². The van der Waals surface area contributed by atoms with Gasteiger partial charge in [0.2, 0.25) is 0 Å². The molecule has 3 aromatic rings. The van der Waals surface area contributed by atoms with Crippen LogP contribution >= 0.6 is 11.3 Å². The van der Waals surface area contributed by atoms with Gasteiger partial charge in [-0.25, -0.2) is 9.82 Å². The van der Waals surface area contributed by atoms with E-state index in [1.165, 1.54) is 22.2 Å². The maximum Gasteiger partial charge on any atom is 0.123 e. The second-order valence-electron chi connectivity index (χ2n) is 4.79. The summed E-state index contributed by atoms with van der Waals surface area (Å²) < 4.78 is 14.5. The van der Waals surface area contributed by atoms with Crippen molar-refractivity contribution < 1.29 is 4.39 Å². The number of benzene rings is 2. The minimum absolute atomic E-state index is 0.118. The number of hydrogen-bond acceptors (Lipinski definition) is 3. The minimum atomic E-state index is -0.224. The molecule has 1 atom stereocenters. The van der Waals surface area contributed by atoms with E-state index in [9.17, 15) is 4.39 Å². The lowest BCUT2D eigenvalue weighted by Gasteiger charge is -2.17. The summed E-state index contributed by atoms with van der Waals surface area (Å²) in [6, 6.07) is 15.0. The number of thiophene rings is 1. The molecule has 0 aliphatic rings. The van der Waals surface area contributed by atoms with E-state index in [0.717, 1.165) is 16.0 Å². The Hall–Kier alpha value is -1.75. The fourth-order valence-corrected chi connectivity index (χ4v) is 3.58. The van der Waals surface area contributed by atoms with Crippen LogP contribution in [-0.2, 0) is 0 Å². The first-order chi connectivity index (χ1) is 9.69. The number of nitrogens with one attached hydrogen (secondary N) is 1. The summed E-state index contributed by atoms with van der Waals surface area (Å²) in [6.45, 7) is 1.90. The fraction of sp³-hybridized carbons (Fsp3) is 0.125. The van der Waals surface area contributed by atoms with E-state index < -0.39 is 0 Å². The number of nitrogens with two attached hydrogens (primary N) is 1. The van der Waals surface area contributed by atoms with Crippen molar-refractivity contribution in [2.45, 2.75) is 13.0 Å². The zero-order valence-electron chi connectivity index (χ0n) is 11.1. The first-order valence-electron chi connectivity index (χ1n) is 6.39. The van der Waals surface area contributed by atoms with Gasteiger partial charge < -0.3 is 0 Å². The quantitative estimate of drug-likeness (QED) is 0.566. The van der Waals surface area contributed by atoms with E-state index >= 15 is 0 Å². The van der Waals surface area contributed by atoms with Crippen LogP contribution in [-0.4, -0.2) is 0 Å². The maximum atomic E-state index is 13.2. The van der Waals surface area contributed by atoms with Crippen molar-refractivity contribution in [2.75, 3.05) is 0 Å². The standard InChI is InChI=1S/C16H15FN2S/c1-10-8-12(17)6-7-13(10)16(19-18)15-9-11-4-2-3-5-14(11)20-15/h2-9,16,19H,18H2,1H3. The molecule has 1 unspecified atom stereocenters. The Morgan fingerprint density at radius 3 is 2.65 bits per heavy atom. The predicted molar refractivity (Wildman–Crippen MR) is 82.1 cm³/mol. The van der Waals surface area contributed by atoms with E-state index in [1.807, 2.05) is 19.1 Å². The summed E-state index contributed by atoms with van der Waals surface area (Å²) in [5.41, 5.74) is 4.74. The summed E-state index contributed by atoms with van der Waals surface area (Å²) in [5.74, 6) is 5.50. The first kappa shape index (κ1) is 13.2. The summed E-state index contributed by atoms with van der Waals surface area (Å²) in [5, 5.41) is 1.20. The average molecular weight is 286 g/mol. The Kier molecular flexibility index (Phi) is 3.53. The van der Waals surface area contributed by atoms with E-state index in [4.69, 9.17) is 5.84 Å². The van der Waals surface area contributed by atoms with Gasteiger partial charge in [0.05, 0.1) is 6.04 Å². The molecule has 2 aromatic carbocycles. The number of aryl methyl sites for hydroxylation is 1. The lowest BCUT2D eigenvalue weighted by molar-refractivity contribution is 0.615. The molecule has 3 N–H and O–H groups in total. The molecule has 0 fully saturated rings. The topological polar surface area (TPSA) is 38.0 Å². The Morgan fingerprint density at radius 1 is 1.15 bits per heavy atom. The third kappa shape index (κ3) is 2.33. The molecule has 3 rings (SSSR count). The van der Waals surface area contributed by atoms with Crippen molar-refractivity contribution >= 4 is 21.4 Å². The highest BCUT2D eigenvalue weighted by molar-refractivity contribution is 7.19. The van der Waals surface area contributed by atoms with Crippen molar-refractivity contribution in [3.8, 4) is 0 Å². The molecular formula is C16H15FN2S. The third-order valence-electron chi connectivity index (χ3n) is 3.44. The Morgan fingerprint density at radius 2 is 1.95 bits per heavy atom. The molecule has 2 nitrogen and oxygen atoms in total. The molecule has 0 saturated carbocycles. The molecule has 102 valence electrons. The summed E-state index contributed by atoms with van der Waals surface area (Å²) in [6.07, 6.45) is 0. The smallest absolute Gasteiger partial charge is 0.123 e. The van der Waals surface area contributed by atoms with Gasteiger partial charge in [0.1, 0.15) is 5.82 Å². The van der Waals surface area contributed by atoms with Gasteiger partial charge in [0, 0.05) is 9.58 Å². The third-order valence-corrected chi connectivity index (χ3v) is 4.62. The molecule has 20 heavy (non-hydrogen) atoms. The number of hydrazine groups is 1. The van der Waals surface area contributed by atoms with Gasteiger partial charge >= 0.3 is 0 Å². The van der Waals surface area contributed by atoms with Crippen LogP contribution in [0.25, 0.3) is 10.1 Å². The van der Waals surface area contributed by atoms with Crippen LogP contribution in [0.4, 0.5) is 4.39 Å². The van der Waals surface area contributed by atoms with Gasteiger partial charge in [0.25, 0.3) is 0 Å². The van der Waals surface area contributed by atoms with Crippen LogP contribution in [0.15, 0.2) is 48.5 Å². The van der Waals surface area contributed by atoms with Gasteiger partial charge in [-0.3, -0.25) is 5.84 Å². The highest BCUT2D eigenvalue weighted by atomic mass is 32.1. The Labute approximate surface area is 121 Å². The van der Waals surface area contributed by atoms with Crippen molar-refractivity contribution in [1.82, 2.24) is 5.43 Å². The van der Waals surface area contributed by atoms with Crippen molar-refractivity contribution in [3.05, 3.63) is 70.4 Å². The number of rotatable bonds is 3. The minimum Gasteiger partial charge on any atom is -0.271 e. The van der Waals surface area contributed by atoms with Crippen LogP contribution < -0.4 is 11.3 Å². The zero-order chi connectivity index (χ0) is 14.1. The van der Waals surface area contributed by atoms with Gasteiger partial charge in [-0.15, -0.1) is 11.3 Å². The van der Waals surface area contributed by atoms with E-state index in [0.29, 0.717) is 0 Å². The molecule has 1 aromatic heterocycles. The molecule has 0 radical (unpaired) electrons. The molecule has 1 heterocycles. The SMILES string of the molecule is Cc1cc(F)ccc1C(NN)c1cc2ccccc2s1. The lowest BCUT2D eigenvalue weighted by atomic mass is 10.00. The van der Waals surface area contributed by atoms with Gasteiger partial charge in [0.15, 0.2) is 0 Å². The molecule has 4 heteroatoms. The molecule has 0 bridgehead atoms. The predicted octanol–water partition coefficient (Wildman–Crippen LogP) is 3.90. The molecule has 0 spiro atoms. The van der Waals surface area contributed by atoms with Crippen LogP contribution in [0.5, 0.6) is 0 Å². The van der Waals surface area contributed by atoms with Crippen LogP contribution in [0.3, 0.4) is 0 Å². The molecule has 0 aliphatic heterocycles. The highest BCUT2D eigenvalue weighted by Gasteiger charge is 2.17. The Balaban J connectivity index is 2.08. The zero-order valence-corrected chi connectivity index (χ0v) is 11.9. The van der Waals surface area contributed by atoms with Crippen LogP contribution in [0, 0.1) is 12.7 Å². The summed E-state index contributed by atoms with van der Waals surface area (Å²) in [4.78, 5) is 1.13. The number of fused-ring (bicyclic) bond motifs is 1. The number of hydrogen-bond donors (Lipinski definition) is 2. The lowest BCUT2D eigenvalue weighted by Crippen LogP contribution is -2.28. The number of halogens is 1. The Bertz CT molecular complexity index is 718. The summed E-state index contributed by atoms with van der Waals surface area (Å²) >= 11 is 1.70. The van der Waals surface area contributed by atoms with Crippen molar-refractivity contribution in [1.29, 1.82) is 0 Å². The molecule has 0 aliphatic carbocycles. The fourth-order valence-electron chi connectivity index (χ4n) is 2.43. The maximum absolute atomic E-state index is 13.2. The van der Waals surface area contributed by atoms with Gasteiger partial charge in [-0.1, -0.05) is 24.3 Å². The normalized spacial score (nSPS) is 12.8. The van der Waals surface area contributed by atoms with Gasteiger partial charge in [-0.2, -0.15) is 0 Å². The second kappa shape index (κ2) is 5.32. The largest absolute Gasteiger partial charge is 0.271 e. The molecule has 0 saturated heterocycles. The molecular weight excluding hydrogens is 271 g/mol. The van der Waals surface area contributed by atoms with E-state index in [1.54, 1.807) is 17.4 Å². The van der Waals surface area contributed by atoms with E-state index in [2.05, 4.69) is 23.6 Å². The monoisotopic (exact) mass is 286 g/mol. The van der Waals surface area contributed by atoms with E-state index in [-0.39, 0.29) is 11.9 Å². The highest BCUT2D eigenvalue weighted by Crippen LogP contribution is 2.33.